The number of hydrogen-bond donors (Lipinski definition) is 5. The van der Waals surface area contributed by atoms with Crippen molar-refractivity contribution < 1.29 is 19.2 Å². The lowest BCUT2D eigenvalue weighted by Crippen LogP contribution is -2.35. The molecule has 170 valence electrons. The average molecular weight is 467 g/mol. The fourth-order valence-electron chi connectivity index (χ4n) is 2.42. The van der Waals surface area contributed by atoms with Crippen LogP contribution in [0.2, 0.25) is 0 Å². The van der Waals surface area contributed by atoms with E-state index in [1.165, 1.54) is 6.07 Å². The summed E-state index contributed by atoms with van der Waals surface area (Å²) in [6, 6.07) is 1.18. The monoisotopic (exact) mass is 466 g/mol. The fraction of sp³-hybridized carbons (Fsp3) is 0.471. The Morgan fingerprint density at radius 3 is 2.30 bits per heavy atom. The summed E-state index contributed by atoms with van der Waals surface area (Å²) in [4.78, 5) is 36.1. The molecule has 30 heavy (non-hydrogen) atoms. The van der Waals surface area contributed by atoms with Gasteiger partial charge in [0.2, 0.25) is 0 Å². The third-order valence-electron chi connectivity index (χ3n) is 3.61. The standard InChI is InChI=1S/C17H26N6O5.2ClH/c1-17(2,3)28-15(25)13-11(23(26)27)7-6-9(18)12(13)14(24)10(19)5-4-8-22-16(20)21;;/h6-7,10H,4-5,8,18-19H2,1-3H3,(H4,20,21,22);2*1H. The number of ketones is 1. The molecule has 0 radical (unpaired) electrons. The van der Waals surface area contributed by atoms with Gasteiger partial charge in [-0.2, -0.15) is 0 Å². The van der Waals surface area contributed by atoms with Gasteiger partial charge >= 0.3 is 5.97 Å². The van der Waals surface area contributed by atoms with Crippen LogP contribution in [0.15, 0.2) is 12.1 Å². The number of esters is 1. The van der Waals surface area contributed by atoms with Gasteiger partial charge in [-0.1, -0.05) is 0 Å². The number of halogens is 2. The fourth-order valence-corrected chi connectivity index (χ4v) is 2.42. The Morgan fingerprint density at radius 1 is 1.27 bits per heavy atom. The molecule has 0 aliphatic carbocycles. The molecular weight excluding hydrogens is 439 g/mol. The maximum Gasteiger partial charge on any atom is 0.346 e. The topological polar surface area (TPSA) is 200 Å². The van der Waals surface area contributed by atoms with Crippen LogP contribution in [0.4, 0.5) is 11.4 Å². The van der Waals surface area contributed by atoms with Gasteiger partial charge < -0.3 is 27.3 Å². The lowest BCUT2D eigenvalue weighted by Gasteiger charge is -2.21. The highest BCUT2D eigenvalue weighted by molar-refractivity contribution is 6.14. The van der Waals surface area contributed by atoms with E-state index in [0.29, 0.717) is 13.0 Å². The second-order valence-corrected chi connectivity index (χ2v) is 7.14. The molecule has 0 heterocycles. The van der Waals surface area contributed by atoms with Crippen molar-refractivity contribution in [3.05, 3.63) is 33.4 Å². The molecule has 0 fully saturated rings. The van der Waals surface area contributed by atoms with E-state index in [4.69, 9.17) is 27.3 Å². The lowest BCUT2D eigenvalue weighted by molar-refractivity contribution is -0.385. The van der Waals surface area contributed by atoms with Crippen LogP contribution in [0, 0.1) is 15.5 Å². The summed E-state index contributed by atoms with van der Waals surface area (Å²) in [6.45, 7) is 5.11. The van der Waals surface area contributed by atoms with Crippen LogP contribution in [0.25, 0.3) is 0 Å². The van der Waals surface area contributed by atoms with Crippen molar-refractivity contribution >= 4 is 53.9 Å². The van der Waals surface area contributed by atoms with Gasteiger partial charge in [-0.25, -0.2) is 4.79 Å². The zero-order valence-electron chi connectivity index (χ0n) is 16.9. The Morgan fingerprint density at radius 2 is 1.83 bits per heavy atom. The van der Waals surface area contributed by atoms with Crippen molar-refractivity contribution in [2.75, 3.05) is 12.3 Å². The van der Waals surface area contributed by atoms with Crippen LogP contribution >= 0.6 is 24.8 Å². The summed E-state index contributed by atoms with van der Waals surface area (Å²) < 4.78 is 5.23. The first-order valence-electron chi connectivity index (χ1n) is 8.53. The number of ether oxygens (including phenoxy) is 1. The second kappa shape index (κ2) is 12.2. The first-order valence-corrected chi connectivity index (χ1v) is 8.53. The van der Waals surface area contributed by atoms with Crippen molar-refractivity contribution in [3.63, 3.8) is 0 Å². The summed E-state index contributed by atoms with van der Waals surface area (Å²) in [6.07, 6.45) is 0.595. The number of rotatable bonds is 8. The lowest BCUT2D eigenvalue weighted by atomic mass is 9.93. The smallest absolute Gasteiger partial charge is 0.346 e. The SMILES string of the molecule is CC(C)(C)OC(=O)c1c([N+](=O)[O-])ccc(N)c1C(=O)C(N)CCCNC(=N)N.Cl.Cl. The minimum Gasteiger partial charge on any atom is -0.456 e. The van der Waals surface area contributed by atoms with Gasteiger partial charge in [-0.3, -0.25) is 20.3 Å². The molecule has 0 bridgehead atoms. The van der Waals surface area contributed by atoms with Gasteiger partial charge in [0, 0.05) is 18.3 Å². The summed E-state index contributed by atoms with van der Waals surface area (Å²) in [5.41, 5.74) is 14.5. The van der Waals surface area contributed by atoms with E-state index in [0.717, 1.165) is 6.07 Å². The number of anilines is 1. The summed E-state index contributed by atoms with van der Waals surface area (Å²) in [7, 11) is 0. The number of Topliss-reactive ketones (excluding diaryl/α,β-unsaturated/α-hetero) is 1. The molecule has 0 spiro atoms. The Labute approximate surface area is 186 Å². The summed E-state index contributed by atoms with van der Waals surface area (Å²) in [5, 5.41) is 21.0. The van der Waals surface area contributed by atoms with Crippen LogP contribution in [0.5, 0.6) is 0 Å². The molecule has 0 aliphatic rings. The van der Waals surface area contributed by atoms with Gasteiger partial charge in [0.25, 0.3) is 5.69 Å². The molecule has 0 aromatic heterocycles. The Kier molecular flexibility index (Phi) is 12.0. The second-order valence-electron chi connectivity index (χ2n) is 7.14. The molecule has 1 aromatic carbocycles. The van der Waals surface area contributed by atoms with Crippen LogP contribution < -0.4 is 22.5 Å². The number of guanidine groups is 1. The maximum absolute atomic E-state index is 12.8. The molecule has 0 saturated carbocycles. The highest BCUT2D eigenvalue weighted by Gasteiger charge is 2.34. The number of carbonyl (C=O) groups is 2. The first kappa shape index (κ1) is 29.6. The zero-order chi connectivity index (χ0) is 21.6. The Balaban J connectivity index is 0. The van der Waals surface area contributed by atoms with Gasteiger partial charge in [0.15, 0.2) is 17.3 Å². The van der Waals surface area contributed by atoms with Gasteiger partial charge in [-0.15, -0.1) is 24.8 Å². The van der Waals surface area contributed by atoms with Crippen LogP contribution in [0.3, 0.4) is 0 Å². The molecule has 8 N–H and O–H groups in total. The number of nitrogens with two attached hydrogens (primary N) is 3. The maximum atomic E-state index is 12.8. The minimum atomic E-state index is -1.06. The molecule has 1 unspecified atom stereocenters. The molecule has 1 rings (SSSR count). The summed E-state index contributed by atoms with van der Waals surface area (Å²) in [5.74, 6) is -1.94. The number of carbonyl (C=O) groups excluding carboxylic acids is 2. The average Bonchev–Trinajstić information content (AvgIpc) is 2.55. The van der Waals surface area contributed by atoms with E-state index < -0.39 is 39.6 Å². The number of nitro benzene ring substituents is 1. The quantitative estimate of drug-likeness (QED) is 0.0552. The largest absolute Gasteiger partial charge is 0.456 e. The van der Waals surface area contributed by atoms with Crippen molar-refractivity contribution in [2.24, 2.45) is 11.5 Å². The zero-order valence-corrected chi connectivity index (χ0v) is 18.5. The predicted molar refractivity (Wildman–Crippen MR) is 119 cm³/mol. The van der Waals surface area contributed by atoms with Gasteiger partial charge in [0.1, 0.15) is 5.60 Å². The third-order valence-corrected chi connectivity index (χ3v) is 3.61. The van der Waals surface area contributed by atoms with Crippen LogP contribution in [0.1, 0.15) is 54.3 Å². The van der Waals surface area contributed by atoms with E-state index in [9.17, 15) is 19.7 Å². The number of hydrogen-bond acceptors (Lipinski definition) is 8. The Hall–Kier alpha value is -2.63. The normalized spacial score (nSPS) is 11.3. The third kappa shape index (κ3) is 8.39. The number of nitrogens with zero attached hydrogens (tertiary/aromatic N) is 1. The van der Waals surface area contributed by atoms with Crippen molar-refractivity contribution in [1.29, 1.82) is 5.41 Å². The molecule has 0 saturated heterocycles. The Bertz CT molecular complexity index is 798. The van der Waals surface area contributed by atoms with E-state index in [1.807, 2.05) is 0 Å². The van der Waals surface area contributed by atoms with E-state index in [1.54, 1.807) is 20.8 Å². The van der Waals surface area contributed by atoms with Gasteiger partial charge in [-0.05, 0) is 39.7 Å². The molecule has 0 amide bonds. The number of benzene rings is 1. The number of nitro groups is 1. The van der Waals surface area contributed by atoms with Crippen molar-refractivity contribution in [1.82, 2.24) is 5.32 Å². The van der Waals surface area contributed by atoms with Crippen LogP contribution in [-0.4, -0.2) is 40.8 Å². The summed E-state index contributed by atoms with van der Waals surface area (Å²) >= 11 is 0. The minimum absolute atomic E-state index is 0. The van der Waals surface area contributed by atoms with Gasteiger partial charge in [0.05, 0.1) is 16.5 Å². The van der Waals surface area contributed by atoms with Crippen molar-refractivity contribution in [2.45, 2.75) is 45.3 Å². The number of nitrogen functional groups attached to an aromatic ring is 1. The van der Waals surface area contributed by atoms with E-state index >= 15 is 0 Å². The highest BCUT2D eigenvalue weighted by Crippen LogP contribution is 2.30. The first-order chi connectivity index (χ1) is 12.8. The predicted octanol–water partition coefficient (Wildman–Crippen LogP) is 1.75. The van der Waals surface area contributed by atoms with E-state index in [2.05, 4.69) is 5.32 Å². The van der Waals surface area contributed by atoms with Crippen LogP contribution in [-0.2, 0) is 4.74 Å². The van der Waals surface area contributed by atoms with E-state index in [-0.39, 0.29) is 48.4 Å². The molecular formula is C17H28Cl2N6O5. The highest BCUT2D eigenvalue weighted by atomic mass is 35.5. The molecule has 11 nitrogen and oxygen atoms in total. The molecule has 0 aliphatic heterocycles. The molecule has 1 aromatic rings. The molecule has 1 atom stereocenters. The molecule has 13 heteroatoms. The van der Waals surface area contributed by atoms with Crippen molar-refractivity contribution in [3.8, 4) is 0 Å². The number of nitrogens with one attached hydrogen (secondary N) is 2.